The van der Waals surface area contributed by atoms with Crippen molar-refractivity contribution in [3.63, 3.8) is 0 Å². The molecule has 1 fully saturated rings. The first-order valence-electron chi connectivity index (χ1n) is 6.20. The van der Waals surface area contributed by atoms with E-state index >= 15 is 0 Å². The standard InChI is InChI=1S/C13H16N2O3/c16-11-6-14-7-12(11)18-9-2-3-10-8(5-9)1-4-13(17)15-10/h2-3,5,11-12,14,16H,1,4,6-7H2,(H,15,17). The van der Waals surface area contributed by atoms with Gasteiger partial charge >= 0.3 is 0 Å². The van der Waals surface area contributed by atoms with Crippen molar-refractivity contribution in [2.75, 3.05) is 18.4 Å². The summed E-state index contributed by atoms with van der Waals surface area (Å²) in [5.41, 5.74) is 1.95. The quantitative estimate of drug-likeness (QED) is 0.703. The summed E-state index contributed by atoms with van der Waals surface area (Å²) in [6.07, 6.45) is 0.607. The highest BCUT2D eigenvalue weighted by molar-refractivity contribution is 5.93. The number of carbonyl (C=O) groups is 1. The minimum Gasteiger partial charge on any atom is -0.486 e. The van der Waals surface area contributed by atoms with Crippen LogP contribution in [0.4, 0.5) is 5.69 Å². The average Bonchev–Trinajstić information content (AvgIpc) is 2.75. The zero-order chi connectivity index (χ0) is 12.5. The van der Waals surface area contributed by atoms with Gasteiger partial charge in [-0.1, -0.05) is 0 Å². The zero-order valence-corrected chi connectivity index (χ0v) is 9.98. The lowest BCUT2D eigenvalue weighted by Crippen LogP contribution is -2.30. The molecule has 1 aromatic carbocycles. The van der Waals surface area contributed by atoms with E-state index in [1.54, 1.807) is 0 Å². The van der Waals surface area contributed by atoms with Gasteiger partial charge in [-0.2, -0.15) is 0 Å². The molecule has 0 saturated carbocycles. The van der Waals surface area contributed by atoms with Crippen LogP contribution >= 0.6 is 0 Å². The maximum atomic E-state index is 11.2. The number of nitrogens with one attached hydrogen (secondary N) is 2. The van der Waals surface area contributed by atoms with E-state index < -0.39 is 6.10 Å². The zero-order valence-electron chi connectivity index (χ0n) is 9.98. The Bertz CT molecular complexity index is 475. The van der Waals surface area contributed by atoms with Crippen LogP contribution in [0.1, 0.15) is 12.0 Å². The molecule has 2 heterocycles. The molecule has 3 rings (SSSR count). The van der Waals surface area contributed by atoms with Crippen molar-refractivity contribution in [1.82, 2.24) is 5.32 Å². The Morgan fingerprint density at radius 3 is 2.94 bits per heavy atom. The lowest BCUT2D eigenvalue weighted by molar-refractivity contribution is -0.116. The number of hydrogen-bond donors (Lipinski definition) is 3. The van der Waals surface area contributed by atoms with Gasteiger partial charge in [0.1, 0.15) is 18.0 Å². The highest BCUT2D eigenvalue weighted by Gasteiger charge is 2.27. The van der Waals surface area contributed by atoms with E-state index in [1.807, 2.05) is 18.2 Å². The number of anilines is 1. The lowest BCUT2D eigenvalue weighted by atomic mass is 10.0. The molecular weight excluding hydrogens is 232 g/mol. The maximum Gasteiger partial charge on any atom is 0.224 e. The van der Waals surface area contributed by atoms with E-state index in [-0.39, 0.29) is 12.0 Å². The number of aliphatic hydroxyl groups excluding tert-OH is 1. The van der Waals surface area contributed by atoms with E-state index in [0.29, 0.717) is 19.5 Å². The molecule has 5 heteroatoms. The second kappa shape index (κ2) is 4.59. The summed E-state index contributed by atoms with van der Waals surface area (Å²) in [5.74, 6) is 0.809. The third-order valence-corrected chi connectivity index (χ3v) is 3.39. The molecule has 0 aliphatic carbocycles. The van der Waals surface area contributed by atoms with Crippen molar-refractivity contribution < 1.29 is 14.6 Å². The molecular formula is C13H16N2O3. The molecule has 3 N–H and O–H groups in total. The van der Waals surface area contributed by atoms with Crippen molar-refractivity contribution in [1.29, 1.82) is 0 Å². The van der Waals surface area contributed by atoms with Crippen LogP contribution in [0.5, 0.6) is 5.75 Å². The van der Waals surface area contributed by atoms with Crippen LogP contribution in [0.2, 0.25) is 0 Å². The number of ether oxygens (including phenoxy) is 1. The van der Waals surface area contributed by atoms with Crippen LogP contribution in [0.3, 0.4) is 0 Å². The van der Waals surface area contributed by atoms with Crippen LogP contribution in [0.25, 0.3) is 0 Å². The van der Waals surface area contributed by atoms with Crippen LogP contribution < -0.4 is 15.4 Å². The van der Waals surface area contributed by atoms with Gasteiger partial charge in [0.25, 0.3) is 0 Å². The summed E-state index contributed by atoms with van der Waals surface area (Å²) in [4.78, 5) is 11.2. The van der Waals surface area contributed by atoms with E-state index in [1.165, 1.54) is 0 Å². The van der Waals surface area contributed by atoms with E-state index in [9.17, 15) is 9.90 Å². The van der Waals surface area contributed by atoms with E-state index in [4.69, 9.17) is 4.74 Å². The van der Waals surface area contributed by atoms with Gasteiger partial charge in [0.2, 0.25) is 5.91 Å². The number of benzene rings is 1. The SMILES string of the molecule is O=C1CCc2cc(OC3CNCC3O)ccc2N1. The molecule has 0 aromatic heterocycles. The normalized spacial score (nSPS) is 26.6. The summed E-state index contributed by atoms with van der Waals surface area (Å²) in [5, 5.41) is 15.6. The average molecular weight is 248 g/mol. The fourth-order valence-electron chi connectivity index (χ4n) is 2.37. The van der Waals surface area contributed by atoms with Crippen LogP contribution in [0, 0.1) is 0 Å². The van der Waals surface area contributed by atoms with Gasteiger partial charge in [0.15, 0.2) is 0 Å². The van der Waals surface area contributed by atoms with Gasteiger partial charge in [-0.25, -0.2) is 0 Å². The fourth-order valence-corrected chi connectivity index (χ4v) is 2.37. The molecule has 5 nitrogen and oxygen atoms in total. The van der Waals surface area contributed by atoms with Gasteiger partial charge < -0.3 is 20.5 Å². The predicted octanol–water partition coefficient (Wildman–Crippen LogP) is 0.283. The minimum absolute atomic E-state index is 0.0617. The number of aryl methyl sites for hydroxylation is 1. The first kappa shape index (κ1) is 11.5. The van der Waals surface area contributed by atoms with Crippen molar-refractivity contribution in [3.05, 3.63) is 23.8 Å². The highest BCUT2D eigenvalue weighted by atomic mass is 16.5. The molecule has 1 amide bonds. The molecule has 0 bridgehead atoms. The molecule has 2 unspecified atom stereocenters. The number of aliphatic hydroxyl groups is 1. The fraction of sp³-hybridized carbons (Fsp3) is 0.462. The Hall–Kier alpha value is -1.59. The second-order valence-corrected chi connectivity index (χ2v) is 4.75. The Morgan fingerprint density at radius 1 is 1.28 bits per heavy atom. The van der Waals surface area contributed by atoms with Gasteiger partial charge in [-0.3, -0.25) is 4.79 Å². The monoisotopic (exact) mass is 248 g/mol. The third kappa shape index (κ3) is 2.19. The molecule has 0 radical (unpaired) electrons. The van der Waals surface area contributed by atoms with Gasteiger partial charge in [-0.15, -0.1) is 0 Å². The molecule has 1 saturated heterocycles. The van der Waals surface area contributed by atoms with Crippen molar-refractivity contribution in [2.45, 2.75) is 25.0 Å². The number of amides is 1. The molecule has 2 aliphatic rings. The molecule has 2 aliphatic heterocycles. The Morgan fingerprint density at radius 2 is 2.17 bits per heavy atom. The summed E-state index contributed by atoms with van der Waals surface area (Å²) < 4.78 is 5.76. The number of rotatable bonds is 2. The number of β-amino-alcohol motifs (C(OH)–C–C–N with tert-alkyl or cyclic N) is 1. The van der Waals surface area contributed by atoms with Crippen LogP contribution in [0.15, 0.2) is 18.2 Å². The first-order valence-corrected chi connectivity index (χ1v) is 6.20. The highest BCUT2D eigenvalue weighted by Crippen LogP contribution is 2.27. The Balaban J connectivity index is 1.76. The van der Waals surface area contributed by atoms with E-state index in [0.717, 1.165) is 23.4 Å². The molecule has 96 valence electrons. The summed E-state index contributed by atoms with van der Waals surface area (Å²) >= 11 is 0. The van der Waals surface area contributed by atoms with Crippen molar-refractivity contribution >= 4 is 11.6 Å². The third-order valence-electron chi connectivity index (χ3n) is 3.39. The molecule has 1 aromatic rings. The smallest absolute Gasteiger partial charge is 0.224 e. The van der Waals surface area contributed by atoms with E-state index in [2.05, 4.69) is 10.6 Å². The summed E-state index contributed by atoms with van der Waals surface area (Å²) in [6, 6.07) is 5.63. The van der Waals surface area contributed by atoms with Crippen LogP contribution in [-0.4, -0.2) is 36.3 Å². The molecule has 18 heavy (non-hydrogen) atoms. The minimum atomic E-state index is -0.458. The maximum absolute atomic E-state index is 11.2. The number of carbonyl (C=O) groups excluding carboxylic acids is 1. The van der Waals surface area contributed by atoms with Crippen LogP contribution in [-0.2, 0) is 11.2 Å². The summed E-state index contributed by atoms with van der Waals surface area (Å²) in [6.45, 7) is 1.24. The second-order valence-electron chi connectivity index (χ2n) is 4.75. The Labute approximate surface area is 105 Å². The lowest BCUT2D eigenvalue weighted by Gasteiger charge is -2.20. The molecule has 2 atom stereocenters. The largest absolute Gasteiger partial charge is 0.486 e. The molecule has 0 spiro atoms. The number of fused-ring (bicyclic) bond motifs is 1. The van der Waals surface area contributed by atoms with Gasteiger partial charge in [0.05, 0.1) is 0 Å². The number of hydrogen-bond acceptors (Lipinski definition) is 4. The topological polar surface area (TPSA) is 70.6 Å². The Kier molecular flexibility index (Phi) is 2.93. The van der Waals surface area contributed by atoms with Crippen molar-refractivity contribution in [3.8, 4) is 5.75 Å². The summed E-state index contributed by atoms with van der Waals surface area (Å²) in [7, 11) is 0. The van der Waals surface area contributed by atoms with Gasteiger partial charge in [0, 0.05) is 25.2 Å². The predicted molar refractivity (Wildman–Crippen MR) is 66.7 cm³/mol. The first-order chi connectivity index (χ1) is 8.72. The van der Waals surface area contributed by atoms with Gasteiger partial charge in [-0.05, 0) is 30.2 Å². The van der Waals surface area contributed by atoms with Crippen molar-refractivity contribution in [2.24, 2.45) is 0 Å².